The number of anilines is 1. The van der Waals surface area contributed by atoms with E-state index in [4.69, 9.17) is 0 Å². The number of nitrogens with one attached hydrogen (secondary N) is 2. The van der Waals surface area contributed by atoms with E-state index in [1.807, 2.05) is 18.6 Å². The van der Waals surface area contributed by atoms with Crippen LogP contribution in [0.2, 0.25) is 0 Å². The molecule has 0 aromatic carbocycles. The zero-order chi connectivity index (χ0) is 8.39. The molecular weight excluding hydrogens is 170 g/mol. The molecule has 1 aliphatic carbocycles. The molecule has 1 aliphatic rings. The summed E-state index contributed by atoms with van der Waals surface area (Å²) in [6.07, 6.45) is 4.27. The van der Waals surface area contributed by atoms with Gasteiger partial charge in [-0.1, -0.05) is 0 Å². The van der Waals surface area contributed by atoms with E-state index in [1.165, 1.54) is 12.8 Å². The van der Waals surface area contributed by atoms with Gasteiger partial charge in [0, 0.05) is 23.7 Å². The monoisotopic (exact) mass is 183 g/mol. The van der Waals surface area contributed by atoms with Crippen molar-refractivity contribution in [3.8, 4) is 0 Å². The van der Waals surface area contributed by atoms with Crippen molar-refractivity contribution in [1.82, 2.24) is 10.3 Å². The van der Waals surface area contributed by atoms with E-state index in [0.29, 0.717) is 12.1 Å². The van der Waals surface area contributed by atoms with E-state index in [2.05, 4.69) is 15.6 Å². The molecule has 0 aliphatic heterocycles. The molecule has 2 N–H and O–H groups in total. The predicted molar refractivity (Wildman–Crippen MR) is 51.6 cm³/mol. The summed E-state index contributed by atoms with van der Waals surface area (Å²) in [7, 11) is 2.02. The maximum Gasteiger partial charge on any atom is 0.182 e. The number of nitrogens with zero attached hydrogens (tertiary/aromatic N) is 1. The molecule has 1 fully saturated rings. The van der Waals surface area contributed by atoms with Gasteiger partial charge in [-0.05, 0) is 19.9 Å². The summed E-state index contributed by atoms with van der Waals surface area (Å²) in [4.78, 5) is 4.18. The Labute approximate surface area is 76.2 Å². The van der Waals surface area contributed by atoms with Crippen molar-refractivity contribution in [1.29, 1.82) is 0 Å². The van der Waals surface area contributed by atoms with Crippen LogP contribution >= 0.6 is 11.3 Å². The van der Waals surface area contributed by atoms with Gasteiger partial charge in [-0.3, -0.25) is 0 Å². The first kappa shape index (κ1) is 8.01. The number of thiazole rings is 1. The van der Waals surface area contributed by atoms with Crippen LogP contribution in [0.3, 0.4) is 0 Å². The zero-order valence-electron chi connectivity index (χ0n) is 7.08. The van der Waals surface area contributed by atoms with Crippen molar-refractivity contribution in [2.75, 3.05) is 12.4 Å². The summed E-state index contributed by atoms with van der Waals surface area (Å²) in [5.74, 6) is 0. The molecule has 1 heterocycles. The highest BCUT2D eigenvalue weighted by Gasteiger charge is 2.27. The normalized spacial score (nSPS) is 28.1. The van der Waals surface area contributed by atoms with Crippen LogP contribution < -0.4 is 10.6 Å². The van der Waals surface area contributed by atoms with E-state index < -0.39 is 0 Å². The van der Waals surface area contributed by atoms with Gasteiger partial charge in [-0.2, -0.15) is 0 Å². The molecular formula is C8H13N3S. The number of hydrogen-bond donors (Lipinski definition) is 2. The fraction of sp³-hybridized carbons (Fsp3) is 0.625. The summed E-state index contributed by atoms with van der Waals surface area (Å²) >= 11 is 1.67. The van der Waals surface area contributed by atoms with Gasteiger partial charge in [0.05, 0.1) is 0 Å². The lowest BCUT2D eigenvalue weighted by atomic mass is 9.87. The summed E-state index contributed by atoms with van der Waals surface area (Å²) < 4.78 is 0. The van der Waals surface area contributed by atoms with Crippen molar-refractivity contribution in [2.45, 2.75) is 24.9 Å². The SMILES string of the molecule is CNC1CC(Nc2nccs2)C1. The Bertz CT molecular complexity index is 228. The van der Waals surface area contributed by atoms with Gasteiger partial charge in [0.2, 0.25) is 0 Å². The fourth-order valence-electron chi connectivity index (χ4n) is 1.44. The number of aromatic nitrogens is 1. The van der Waals surface area contributed by atoms with E-state index >= 15 is 0 Å². The Kier molecular flexibility index (Phi) is 2.28. The molecule has 4 heteroatoms. The molecule has 2 rings (SSSR count). The molecule has 1 aromatic heterocycles. The Morgan fingerprint density at radius 2 is 2.33 bits per heavy atom. The molecule has 1 saturated carbocycles. The summed E-state index contributed by atoms with van der Waals surface area (Å²) in [6, 6.07) is 1.34. The van der Waals surface area contributed by atoms with Crippen LogP contribution in [0, 0.1) is 0 Å². The van der Waals surface area contributed by atoms with Gasteiger partial charge in [-0.15, -0.1) is 11.3 Å². The maximum atomic E-state index is 4.18. The number of hydrogen-bond acceptors (Lipinski definition) is 4. The average Bonchev–Trinajstić information content (AvgIpc) is 2.47. The molecule has 0 spiro atoms. The van der Waals surface area contributed by atoms with E-state index in [1.54, 1.807) is 11.3 Å². The van der Waals surface area contributed by atoms with E-state index in [9.17, 15) is 0 Å². The third kappa shape index (κ3) is 1.59. The molecule has 1 aromatic rings. The van der Waals surface area contributed by atoms with Crippen molar-refractivity contribution in [2.24, 2.45) is 0 Å². The van der Waals surface area contributed by atoms with Gasteiger partial charge in [-0.25, -0.2) is 4.98 Å². The van der Waals surface area contributed by atoms with Crippen LogP contribution in [-0.4, -0.2) is 24.1 Å². The van der Waals surface area contributed by atoms with Gasteiger partial charge in [0.15, 0.2) is 5.13 Å². The van der Waals surface area contributed by atoms with Crippen molar-refractivity contribution in [3.05, 3.63) is 11.6 Å². The first-order valence-corrected chi connectivity index (χ1v) is 5.09. The Morgan fingerprint density at radius 3 is 2.92 bits per heavy atom. The molecule has 3 nitrogen and oxygen atoms in total. The second-order valence-electron chi connectivity index (χ2n) is 3.14. The predicted octanol–water partition coefficient (Wildman–Crippen LogP) is 1.31. The summed E-state index contributed by atoms with van der Waals surface area (Å²) in [5, 5.41) is 9.69. The van der Waals surface area contributed by atoms with Gasteiger partial charge < -0.3 is 10.6 Å². The quantitative estimate of drug-likeness (QED) is 0.741. The molecule has 12 heavy (non-hydrogen) atoms. The van der Waals surface area contributed by atoms with Crippen LogP contribution in [-0.2, 0) is 0 Å². The second kappa shape index (κ2) is 3.41. The summed E-state index contributed by atoms with van der Waals surface area (Å²) in [6.45, 7) is 0. The minimum atomic E-state index is 0.633. The van der Waals surface area contributed by atoms with Crippen molar-refractivity contribution >= 4 is 16.5 Å². The molecule has 0 atom stereocenters. The smallest absolute Gasteiger partial charge is 0.182 e. The van der Waals surface area contributed by atoms with Crippen LogP contribution in [0.5, 0.6) is 0 Å². The van der Waals surface area contributed by atoms with Crippen molar-refractivity contribution < 1.29 is 0 Å². The van der Waals surface area contributed by atoms with Crippen LogP contribution in [0.4, 0.5) is 5.13 Å². The highest BCUT2D eigenvalue weighted by Crippen LogP contribution is 2.24. The topological polar surface area (TPSA) is 37.0 Å². The van der Waals surface area contributed by atoms with Crippen LogP contribution in [0.15, 0.2) is 11.6 Å². The minimum absolute atomic E-state index is 0.633. The highest BCUT2D eigenvalue weighted by atomic mass is 32.1. The maximum absolute atomic E-state index is 4.18. The molecule has 0 amide bonds. The van der Waals surface area contributed by atoms with Crippen LogP contribution in [0.25, 0.3) is 0 Å². The average molecular weight is 183 g/mol. The van der Waals surface area contributed by atoms with E-state index in [-0.39, 0.29) is 0 Å². The lowest BCUT2D eigenvalue weighted by molar-refractivity contribution is 0.326. The Morgan fingerprint density at radius 1 is 1.50 bits per heavy atom. The zero-order valence-corrected chi connectivity index (χ0v) is 7.90. The number of rotatable bonds is 3. The minimum Gasteiger partial charge on any atom is -0.359 e. The molecule has 0 unspecified atom stereocenters. The molecule has 0 radical (unpaired) electrons. The third-order valence-corrected chi connectivity index (χ3v) is 3.01. The Hall–Kier alpha value is -0.610. The first-order chi connectivity index (χ1) is 5.88. The standard InChI is InChI=1S/C8H13N3S/c1-9-6-4-7(5-6)11-8-10-2-3-12-8/h2-3,6-7,9H,4-5H2,1H3,(H,10,11). The third-order valence-electron chi connectivity index (χ3n) is 2.31. The second-order valence-corrected chi connectivity index (χ2v) is 4.03. The Balaban J connectivity index is 1.77. The molecule has 0 bridgehead atoms. The van der Waals surface area contributed by atoms with Gasteiger partial charge in [0.25, 0.3) is 0 Å². The van der Waals surface area contributed by atoms with Gasteiger partial charge in [0.1, 0.15) is 0 Å². The molecule has 66 valence electrons. The lowest BCUT2D eigenvalue weighted by Gasteiger charge is -2.35. The fourth-order valence-corrected chi connectivity index (χ4v) is 2.05. The lowest BCUT2D eigenvalue weighted by Crippen LogP contribution is -2.46. The van der Waals surface area contributed by atoms with Gasteiger partial charge >= 0.3 is 0 Å². The first-order valence-electron chi connectivity index (χ1n) is 4.22. The highest BCUT2D eigenvalue weighted by molar-refractivity contribution is 7.13. The largest absolute Gasteiger partial charge is 0.359 e. The summed E-state index contributed by atoms with van der Waals surface area (Å²) in [5.41, 5.74) is 0. The molecule has 0 saturated heterocycles. The van der Waals surface area contributed by atoms with Crippen LogP contribution in [0.1, 0.15) is 12.8 Å². The van der Waals surface area contributed by atoms with Crippen molar-refractivity contribution in [3.63, 3.8) is 0 Å². The van der Waals surface area contributed by atoms with E-state index in [0.717, 1.165) is 5.13 Å².